The summed E-state index contributed by atoms with van der Waals surface area (Å²) in [5.74, 6) is 1.33. The molecule has 1 rings (SSSR count). The summed E-state index contributed by atoms with van der Waals surface area (Å²) >= 11 is 0. The van der Waals surface area contributed by atoms with Crippen molar-refractivity contribution in [2.24, 2.45) is 17.3 Å². The van der Waals surface area contributed by atoms with Crippen LogP contribution < -0.4 is 0 Å². The molecule has 15 heavy (non-hydrogen) atoms. The monoisotopic (exact) mass is 212 g/mol. The fourth-order valence-electron chi connectivity index (χ4n) is 3.26. The van der Waals surface area contributed by atoms with Crippen LogP contribution in [0.4, 0.5) is 0 Å². The summed E-state index contributed by atoms with van der Waals surface area (Å²) in [5.41, 5.74) is 0.262. The van der Waals surface area contributed by atoms with Gasteiger partial charge in [0, 0.05) is 0 Å². The van der Waals surface area contributed by atoms with E-state index in [1.807, 2.05) is 0 Å². The lowest BCUT2D eigenvalue weighted by Gasteiger charge is -2.36. The Bertz CT molecular complexity index is 178. The Balaban J connectivity index is 2.63. The molecule has 1 nitrogen and oxygen atoms in total. The van der Waals surface area contributed by atoms with Crippen molar-refractivity contribution in [2.45, 2.75) is 72.3 Å². The first-order chi connectivity index (χ1) is 6.96. The van der Waals surface area contributed by atoms with Crippen LogP contribution in [-0.4, -0.2) is 11.2 Å². The van der Waals surface area contributed by atoms with E-state index in [4.69, 9.17) is 0 Å². The van der Waals surface area contributed by atoms with E-state index in [0.717, 1.165) is 6.42 Å². The maximum Gasteiger partial charge on any atom is 0.0599 e. The van der Waals surface area contributed by atoms with Crippen molar-refractivity contribution in [3.63, 3.8) is 0 Å². The molecule has 0 aromatic rings. The molecule has 0 heterocycles. The lowest BCUT2D eigenvalue weighted by molar-refractivity contribution is -0.000916. The third-order valence-electron chi connectivity index (χ3n) is 3.82. The molecular formula is C14H28O. The number of aliphatic hydroxyl groups is 1. The normalized spacial score (nSPS) is 22.6. The molecule has 0 spiro atoms. The zero-order chi connectivity index (χ0) is 11.5. The average Bonchev–Trinajstić information content (AvgIpc) is 2.51. The minimum Gasteiger partial charge on any atom is -0.393 e. The number of hydrogen-bond acceptors (Lipinski definition) is 1. The maximum atomic E-state index is 10.4. The molecule has 1 atom stereocenters. The molecule has 0 aliphatic heterocycles. The van der Waals surface area contributed by atoms with Gasteiger partial charge in [0.05, 0.1) is 6.10 Å². The Kier molecular flexibility index (Phi) is 4.64. The zero-order valence-corrected chi connectivity index (χ0v) is 10.9. The van der Waals surface area contributed by atoms with Crippen molar-refractivity contribution in [3.8, 4) is 0 Å². The summed E-state index contributed by atoms with van der Waals surface area (Å²) in [5, 5.41) is 10.4. The van der Waals surface area contributed by atoms with Gasteiger partial charge in [0.2, 0.25) is 0 Å². The second kappa shape index (κ2) is 5.34. The van der Waals surface area contributed by atoms with E-state index in [1.54, 1.807) is 0 Å². The zero-order valence-electron chi connectivity index (χ0n) is 10.9. The maximum absolute atomic E-state index is 10.4. The molecule has 1 N–H and O–H groups in total. The van der Waals surface area contributed by atoms with Crippen LogP contribution in [0.1, 0.15) is 66.2 Å². The lowest BCUT2D eigenvalue weighted by Crippen LogP contribution is -2.35. The van der Waals surface area contributed by atoms with Crippen molar-refractivity contribution in [1.82, 2.24) is 0 Å². The van der Waals surface area contributed by atoms with Gasteiger partial charge in [-0.15, -0.1) is 0 Å². The number of rotatable bonds is 5. The first-order valence-electron chi connectivity index (χ1n) is 6.64. The quantitative estimate of drug-likeness (QED) is 0.730. The molecule has 0 aromatic carbocycles. The van der Waals surface area contributed by atoms with Crippen LogP contribution in [0.25, 0.3) is 0 Å². The molecule has 1 saturated carbocycles. The van der Waals surface area contributed by atoms with Gasteiger partial charge in [-0.3, -0.25) is 0 Å². The molecule has 0 aromatic heterocycles. The summed E-state index contributed by atoms with van der Waals surface area (Å²) in [6, 6.07) is 0. The molecule has 90 valence electrons. The highest BCUT2D eigenvalue weighted by Crippen LogP contribution is 2.47. The van der Waals surface area contributed by atoms with Gasteiger partial charge in [-0.25, -0.2) is 0 Å². The Hall–Kier alpha value is -0.0400. The average molecular weight is 212 g/mol. The van der Waals surface area contributed by atoms with Gasteiger partial charge in [0.15, 0.2) is 0 Å². The molecule has 0 amide bonds. The predicted octanol–water partition coefficient (Wildman–Crippen LogP) is 4.00. The molecule has 1 heteroatoms. The molecule has 0 bridgehead atoms. The van der Waals surface area contributed by atoms with Crippen LogP contribution in [0.2, 0.25) is 0 Å². The SMILES string of the molecule is CC(C)CC(O)C1(CC(C)C)CCCC1. The smallest absolute Gasteiger partial charge is 0.0599 e. The predicted molar refractivity (Wildman–Crippen MR) is 65.8 cm³/mol. The molecule has 1 unspecified atom stereocenters. The minimum atomic E-state index is -0.0672. The fourth-order valence-corrected chi connectivity index (χ4v) is 3.26. The molecule has 1 aliphatic rings. The van der Waals surface area contributed by atoms with Crippen LogP contribution in [0.3, 0.4) is 0 Å². The first-order valence-corrected chi connectivity index (χ1v) is 6.64. The first kappa shape index (κ1) is 13.0. The van der Waals surface area contributed by atoms with Crippen LogP contribution >= 0.6 is 0 Å². The van der Waals surface area contributed by atoms with Gasteiger partial charge >= 0.3 is 0 Å². The summed E-state index contributed by atoms with van der Waals surface area (Å²) in [6.45, 7) is 8.98. The third-order valence-corrected chi connectivity index (χ3v) is 3.82. The third kappa shape index (κ3) is 3.48. The van der Waals surface area contributed by atoms with Gasteiger partial charge in [-0.2, -0.15) is 0 Å². The number of aliphatic hydroxyl groups excluding tert-OH is 1. The van der Waals surface area contributed by atoms with Crippen LogP contribution in [0, 0.1) is 17.3 Å². The van der Waals surface area contributed by atoms with Crippen molar-refractivity contribution in [2.75, 3.05) is 0 Å². The minimum absolute atomic E-state index is 0.0672. The summed E-state index contributed by atoms with van der Waals surface area (Å²) in [7, 11) is 0. The Morgan fingerprint density at radius 3 is 1.93 bits per heavy atom. The van der Waals surface area contributed by atoms with Gasteiger partial charge in [0.25, 0.3) is 0 Å². The second-order valence-corrected chi connectivity index (χ2v) is 6.31. The Morgan fingerprint density at radius 2 is 1.53 bits per heavy atom. The van der Waals surface area contributed by atoms with Crippen molar-refractivity contribution < 1.29 is 5.11 Å². The highest BCUT2D eigenvalue weighted by molar-refractivity contribution is 4.91. The number of hydrogen-bond donors (Lipinski definition) is 1. The van der Waals surface area contributed by atoms with Crippen molar-refractivity contribution in [3.05, 3.63) is 0 Å². The highest BCUT2D eigenvalue weighted by Gasteiger charge is 2.40. The Labute approximate surface area is 95.3 Å². The van der Waals surface area contributed by atoms with E-state index >= 15 is 0 Å². The molecule has 0 saturated heterocycles. The van der Waals surface area contributed by atoms with Crippen LogP contribution in [-0.2, 0) is 0 Å². The van der Waals surface area contributed by atoms with Crippen molar-refractivity contribution in [1.29, 1.82) is 0 Å². The van der Waals surface area contributed by atoms with Crippen LogP contribution in [0.15, 0.2) is 0 Å². The van der Waals surface area contributed by atoms with E-state index < -0.39 is 0 Å². The lowest BCUT2D eigenvalue weighted by atomic mass is 9.72. The van der Waals surface area contributed by atoms with E-state index in [0.29, 0.717) is 11.8 Å². The van der Waals surface area contributed by atoms with Gasteiger partial charge < -0.3 is 5.11 Å². The molecule has 1 aliphatic carbocycles. The van der Waals surface area contributed by atoms with Gasteiger partial charge in [-0.1, -0.05) is 40.5 Å². The summed E-state index contributed by atoms with van der Waals surface area (Å²) in [4.78, 5) is 0. The molecule has 0 radical (unpaired) electrons. The highest BCUT2D eigenvalue weighted by atomic mass is 16.3. The van der Waals surface area contributed by atoms with E-state index in [9.17, 15) is 5.11 Å². The summed E-state index contributed by atoms with van der Waals surface area (Å²) < 4.78 is 0. The second-order valence-electron chi connectivity index (χ2n) is 6.31. The van der Waals surface area contributed by atoms with Gasteiger partial charge in [-0.05, 0) is 42.9 Å². The fraction of sp³-hybridized carbons (Fsp3) is 1.00. The van der Waals surface area contributed by atoms with E-state index in [1.165, 1.54) is 32.1 Å². The Morgan fingerprint density at radius 1 is 1.00 bits per heavy atom. The largest absolute Gasteiger partial charge is 0.393 e. The summed E-state index contributed by atoms with van der Waals surface area (Å²) in [6.07, 6.45) is 7.26. The molecule has 1 fully saturated rings. The molecular weight excluding hydrogens is 184 g/mol. The topological polar surface area (TPSA) is 20.2 Å². The van der Waals surface area contributed by atoms with Crippen LogP contribution in [0.5, 0.6) is 0 Å². The van der Waals surface area contributed by atoms with E-state index in [-0.39, 0.29) is 11.5 Å². The standard InChI is InChI=1S/C14H28O/c1-11(2)9-13(15)14(10-12(3)4)7-5-6-8-14/h11-13,15H,5-10H2,1-4H3. The van der Waals surface area contributed by atoms with E-state index in [2.05, 4.69) is 27.7 Å². The van der Waals surface area contributed by atoms with Crippen molar-refractivity contribution >= 4 is 0 Å². The van der Waals surface area contributed by atoms with Gasteiger partial charge in [0.1, 0.15) is 0 Å².